The predicted octanol–water partition coefficient (Wildman–Crippen LogP) is 5.40. The summed E-state index contributed by atoms with van der Waals surface area (Å²) in [5.74, 6) is -1.08. The summed E-state index contributed by atoms with van der Waals surface area (Å²) in [6, 6.07) is 18.8. The highest BCUT2D eigenvalue weighted by Gasteiger charge is 2.45. The Morgan fingerprint density at radius 1 is 0.679 bits per heavy atom. The van der Waals surface area contributed by atoms with E-state index >= 15 is 0 Å². The van der Waals surface area contributed by atoms with Gasteiger partial charge in [0.25, 0.3) is 11.8 Å². The van der Waals surface area contributed by atoms with Crippen molar-refractivity contribution < 1.29 is 32.3 Å². The second kappa shape index (κ2) is 15.3. The third kappa shape index (κ3) is 7.44. The number of piperazine rings is 1. The van der Waals surface area contributed by atoms with Gasteiger partial charge in [-0.2, -0.15) is 18.4 Å². The molecule has 1 unspecified atom stereocenters. The molecule has 0 spiro atoms. The molecule has 1 N–H and O–H groups in total. The van der Waals surface area contributed by atoms with Crippen LogP contribution in [0.1, 0.15) is 81.8 Å². The van der Waals surface area contributed by atoms with Crippen LogP contribution in [0.15, 0.2) is 60.7 Å². The molecule has 3 aromatic carbocycles. The van der Waals surface area contributed by atoms with Crippen LogP contribution in [0.2, 0.25) is 0 Å². The number of carbonyl (C=O) groups excluding carboxylic acids is 4. The van der Waals surface area contributed by atoms with Crippen LogP contribution < -0.4 is 20.0 Å². The van der Waals surface area contributed by atoms with Gasteiger partial charge in [0.2, 0.25) is 11.8 Å². The molecule has 0 aromatic heterocycles. The molecule has 5 heterocycles. The first-order chi connectivity index (χ1) is 27.0. The molecule has 4 saturated heterocycles. The molecule has 0 bridgehead atoms. The first-order valence-electron chi connectivity index (χ1n) is 19.5. The van der Waals surface area contributed by atoms with Crippen molar-refractivity contribution in [3.05, 3.63) is 88.5 Å². The Balaban J connectivity index is 0.784. The van der Waals surface area contributed by atoms with Crippen molar-refractivity contribution in [3.63, 3.8) is 0 Å². The van der Waals surface area contributed by atoms with Crippen LogP contribution in [0.25, 0.3) is 0 Å². The van der Waals surface area contributed by atoms with Crippen molar-refractivity contribution in [2.75, 3.05) is 73.6 Å². The Kier molecular flexibility index (Phi) is 10.2. The first-order valence-corrected chi connectivity index (χ1v) is 19.5. The largest absolute Gasteiger partial charge is 0.417 e. The highest BCUT2D eigenvalue weighted by molar-refractivity contribution is 6.23. The first kappa shape index (κ1) is 37.5. The minimum absolute atomic E-state index is 0.0882. The zero-order valence-electron chi connectivity index (χ0n) is 31.1. The number of nitrogens with zero attached hydrogens (tertiary/aromatic N) is 6. The topological polar surface area (TPSA) is 120 Å². The third-order valence-electron chi connectivity index (χ3n) is 12.3. The summed E-state index contributed by atoms with van der Waals surface area (Å²) >= 11 is 0. The summed E-state index contributed by atoms with van der Waals surface area (Å²) in [7, 11) is 0. The van der Waals surface area contributed by atoms with Crippen molar-refractivity contribution in [2.24, 2.45) is 5.92 Å². The summed E-state index contributed by atoms with van der Waals surface area (Å²) in [5, 5.41) is 11.4. The van der Waals surface area contributed by atoms with Crippen molar-refractivity contribution in [3.8, 4) is 6.07 Å². The molecule has 4 amide bonds. The maximum absolute atomic E-state index is 13.5. The van der Waals surface area contributed by atoms with E-state index in [9.17, 15) is 32.3 Å². The van der Waals surface area contributed by atoms with Gasteiger partial charge in [0, 0.05) is 82.4 Å². The van der Waals surface area contributed by atoms with Crippen LogP contribution in [-0.2, 0) is 15.8 Å². The number of amides is 4. The highest BCUT2D eigenvalue weighted by Crippen LogP contribution is 2.37. The van der Waals surface area contributed by atoms with Gasteiger partial charge in [0.1, 0.15) is 6.04 Å². The number of imide groups is 2. The van der Waals surface area contributed by atoms with E-state index in [0.29, 0.717) is 41.7 Å². The maximum atomic E-state index is 13.5. The van der Waals surface area contributed by atoms with Crippen LogP contribution in [0.3, 0.4) is 0 Å². The third-order valence-corrected chi connectivity index (χ3v) is 12.3. The van der Waals surface area contributed by atoms with E-state index in [0.717, 1.165) is 88.2 Å². The fraction of sp³-hybridized carbons (Fsp3) is 0.452. The Bertz CT molecular complexity index is 2060. The lowest BCUT2D eigenvalue weighted by atomic mass is 9.89. The molecule has 5 aliphatic rings. The quantitative estimate of drug-likeness (QED) is 0.316. The fourth-order valence-electron chi connectivity index (χ4n) is 9.07. The molecular formula is C42H44F3N7O4. The van der Waals surface area contributed by atoms with E-state index in [2.05, 4.69) is 44.3 Å². The number of hydrogen-bond acceptors (Lipinski definition) is 9. The molecule has 0 saturated carbocycles. The number of nitrogens with one attached hydrogen (secondary N) is 1. The Morgan fingerprint density at radius 3 is 1.91 bits per heavy atom. The number of rotatable bonds is 7. The minimum Gasteiger partial charge on any atom is -0.371 e. The molecule has 14 heteroatoms. The van der Waals surface area contributed by atoms with Crippen LogP contribution in [-0.4, -0.2) is 98.4 Å². The molecular weight excluding hydrogens is 724 g/mol. The van der Waals surface area contributed by atoms with Gasteiger partial charge >= 0.3 is 6.18 Å². The zero-order valence-corrected chi connectivity index (χ0v) is 31.1. The number of fused-ring (bicyclic) bond motifs is 1. The Morgan fingerprint density at radius 2 is 1.27 bits per heavy atom. The molecule has 8 rings (SSSR count). The number of anilines is 3. The average molecular weight is 768 g/mol. The zero-order chi connectivity index (χ0) is 39.1. The van der Waals surface area contributed by atoms with Crippen LogP contribution >= 0.6 is 0 Å². The predicted molar refractivity (Wildman–Crippen MR) is 203 cm³/mol. The van der Waals surface area contributed by atoms with Gasteiger partial charge in [0.05, 0.1) is 28.3 Å². The van der Waals surface area contributed by atoms with Gasteiger partial charge in [-0.05, 0) is 98.0 Å². The number of halogens is 3. The van der Waals surface area contributed by atoms with E-state index in [1.54, 1.807) is 24.3 Å². The van der Waals surface area contributed by atoms with Gasteiger partial charge in [-0.1, -0.05) is 12.1 Å². The lowest BCUT2D eigenvalue weighted by Gasteiger charge is -2.40. The van der Waals surface area contributed by atoms with Gasteiger partial charge < -0.3 is 14.7 Å². The number of nitriles is 1. The van der Waals surface area contributed by atoms with Gasteiger partial charge in [-0.25, -0.2) is 0 Å². The molecule has 0 aliphatic carbocycles. The standard InChI is InChI=1S/C42H44F3N7O4/c43-42(44,45)36-24-33(6-3-30(36)25-46)50-17-13-29(14-18-50)28-1-4-31(5-2-28)51-21-19-48(20-22-51)26-27-11-15-49(16-12-27)32-7-8-34-35(23-32)41(56)52(40(34)55)37-9-10-38(53)47-39(37)54/h1-8,23-24,27,29,37H,9-22,26H2,(H,47,53,54). The van der Waals surface area contributed by atoms with E-state index in [1.807, 2.05) is 11.0 Å². The molecule has 56 heavy (non-hydrogen) atoms. The summed E-state index contributed by atoms with van der Waals surface area (Å²) in [5.41, 5.74) is 3.22. The van der Waals surface area contributed by atoms with E-state index in [-0.39, 0.29) is 18.4 Å². The van der Waals surface area contributed by atoms with Crippen molar-refractivity contribution in [1.29, 1.82) is 5.26 Å². The highest BCUT2D eigenvalue weighted by atomic mass is 19.4. The number of benzene rings is 3. The van der Waals surface area contributed by atoms with Crippen LogP contribution in [0.5, 0.6) is 0 Å². The SMILES string of the molecule is N#Cc1ccc(N2CCC(c3ccc(N4CCN(CC5CCN(c6ccc7c(c6)C(=O)N(C6CCC(=O)NC6=O)C7=O)CC5)CC4)cc3)CC2)cc1C(F)(F)F. The van der Waals surface area contributed by atoms with Crippen LogP contribution in [0.4, 0.5) is 30.2 Å². The fourth-order valence-corrected chi connectivity index (χ4v) is 9.07. The minimum atomic E-state index is -4.57. The summed E-state index contributed by atoms with van der Waals surface area (Å²) in [4.78, 5) is 60.7. The van der Waals surface area contributed by atoms with Gasteiger partial charge in [0.15, 0.2) is 0 Å². The molecule has 292 valence electrons. The monoisotopic (exact) mass is 767 g/mol. The average Bonchev–Trinajstić information content (AvgIpc) is 3.46. The second-order valence-corrected chi connectivity index (χ2v) is 15.6. The molecule has 11 nitrogen and oxygen atoms in total. The van der Waals surface area contributed by atoms with Crippen molar-refractivity contribution in [1.82, 2.24) is 15.1 Å². The second-order valence-electron chi connectivity index (χ2n) is 15.6. The molecule has 4 fully saturated rings. The van der Waals surface area contributed by atoms with Crippen molar-refractivity contribution >= 4 is 40.7 Å². The van der Waals surface area contributed by atoms with Crippen LogP contribution in [0, 0.1) is 17.2 Å². The summed E-state index contributed by atoms with van der Waals surface area (Å²) in [6.45, 7) is 7.90. The summed E-state index contributed by atoms with van der Waals surface area (Å²) < 4.78 is 40.5. The van der Waals surface area contributed by atoms with Gasteiger partial charge in [-0.15, -0.1) is 0 Å². The molecule has 3 aromatic rings. The van der Waals surface area contributed by atoms with Crippen molar-refractivity contribution in [2.45, 2.75) is 56.7 Å². The number of carbonyl (C=O) groups is 4. The molecule has 5 aliphatic heterocycles. The maximum Gasteiger partial charge on any atom is 0.417 e. The lowest BCUT2D eigenvalue weighted by Crippen LogP contribution is -2.54. The Hall–Kier alpha value is -5.42. The normalized spacial score (nSPS) is 21.7. The number of hydrogen-bond donors (Lipinski definition) is 1. The molecule has 1 atom stereocenters. The smallest absolute Gasteiger partial charge is 0.371 e. The lowest BCUT2D eigenvalue weighted by molar-refractivity contribution is -0.138. The van der Waals surface area contributed by atoms with E-state index in [4.69, 9.17) is 5.26 Å². The number of piperidine rings is 3. The Labute approximate surface area is 323 Å². The van der Waals surface area contributed by atoms with E-state index < -0.39 is 41.4 Å². The van der Waals surface area contributed by atoms with E-state index in [1.165, 1.54) is 17.3 Å². The molecule has 0 radical (unpaired) electrons. The number of alkyl halides is 3. The summed E-state index contributed by atoms with van der Waals surface area (Å²) in [6.07, 6.45) is -0.611. The van der Waals surface area contributed by atoms with Gasteiger partial charge in [-0.3, -0.25) is 34.3 Å².